The molecule has 2 N–H and O–H groups in total. The number of hydrogen-bond acceptors (Lipinski definition) is 6. The quantitative estimate of drug-likeness (QED) is 0.365. The van der Waals surface area contributed by atoms with Gasteiger partial charge in [-0.15, -0.1) is 0 Å². The molecule has 1 aliphatic heterocycles. The van der Waals surface area contributed by atoms with Gasteiger partial charge >= 0.3 is 6.09 Å². The molecule has 4 aromatic rings. The van der Waals surface area contributed by atoms with E-state index in [2.05, 4.69) is 37.9 Å². The van der Waals surface area contributed by atoms with Gasteiger partial charge in [-0.05, 0) is 67.2 Å². The number of pyridine rings is 1. The van der Waals surface area contributed by atoms with Gasteiger partial charge in [-0.25, -0.2) is 9.78 Å². The number of carbonyl (C=O) groups is 1. The minimum Gasteiger partial charge on any atom is -0.444 e. The number of anilines is 1. The van der Waals surface area contributed by atoms with Gasteiger partial charge in [0.15, 0.2) is 0 Å². The third-order valence-electron chi connectivity index (χ3n) is 5.82. The first-order valence-corrected chi connectivity index (χ1v) is 12.1. The van der Waals surface area contributed by atoms with Crippen molar-refractivity contribution in [3.63, 3.8) is 0 Å². The maximum atomic E-state index is 12.6. The number of halogens is 1. The van der Waals surface area contributed by atoms with Gasteiger partial charge in [0.2, 0.25) is 0 Å². The fourth-order valence-corrected chi connectivity index (χ4v) is 4.77. The number of benzene rings is 1. The van der Waals surface area contributed by atoms with Crippen LogP contribution in [0.25, 0.3) is 21.8 Å². The molecule has 0 spiro atoms. The Balaban J connectivity index is 1.51. The summed E-state index contributed by atoms with van der Waals surface area (Å²) >= 11 is 3.61. The number of aromatic nitrogens is 5. The molecule has 1 aliphatic rings. The van der Waals surface area contributed by atoms with Crippen molar-refractivity contribution in [2.24, 2.45) is 7.05 Å². The van der Waals surface area contributed by atoms with E-state index < -0.39 is 5.60 Å². The second-order valence-corrected chi connectivity index (χ2v) is 10.6. The Labute approximate surface area is 211 Å². The van der Waals surface area contributed by atoms with Crippen LogP contribution in [0.1, 0.15) is 44.5 Å². The van der Waals surface area contributed by atoms with Gasteiger partial charge in [0.25, 0.3) is 0 Å². The zero-order valence-corrected chi connectivity index (χ0v) is 21.6. The highest BCUT2D eigenvalue weighted by molar-refractivity contribution is 9.10. The largest absolute Gasteiger partial charge is 0.444 e. The third-order valence-corrected chi connectivity index (χ3v) is 6.40. The molecule has 3 aromatic heterocycles. The van der Waals surface area contributed by atoms with Crippen molar-refractivity contribution in [2.75, 3.05) is 18.8 Å². The molecule has 1 fully saturated rings. The maximum Gasteiger partial charge on any atom is 0.410 e. The average molecular weight is 536 g/mol. The molecule has 0 saturated carbocycles. The Morgan fingerprint density at radius 1 is 1.26 bits per heavy atom. The molecule has 0 unspecified atom stereocenters. The van der Waals surface area contributed by atoms with Gasteiger partial charge in [-0.3, -0.25) is 9.36 Å². The van der Waals surface area contributed by atoms with E-state index in [-0.39, 0.29) is 12.1 Å². The SMILES string of the molecule is Cn1cc2ccc(C#Cc3nn([C@H]4CCN(C(=O)OC(C)(C)C)C4)c4c(Br)cnc(N)c34)cc2n1. The number of ether oxygens (including phenoxy) is 1. The zero-order valence-electron chi connectivity index (χ0n) is 20.0. The number of aryl methyl sites for hydroxylation is 1. The third kappa shape index (κ3) is 4.56. The van der Waals surface area contributed by atoms with E-state index in [1.807, 2.05) is 56.9 Å². The molecular formula is C25H26BrN7O2. The van der Waals surface area contributed by atoms with Crippen LogP contribution in [0, 0.1) is 11.8 Å². The molecule has 35 heavy (non-hydrogen) atoms. The first kappa shape index (κ1) is 23.2. The lowest BCUT2D eigenvalue weighted by atomic mass is 10.1. The molecule has 1 saturated heterocycles. The highest BCUT2D eigenvalue weighted by atomic mass is 79.9. The molecule has 0 radical (unpaired) electrons. The average Bonchev–Trinajstić information content (AvgIpc) is 3.49. The van der Waals surface area contributed by atoms with E-state index >= 15 is 0 Å². The van der Waals surface area contributed by atoms with Crippen LogP contribution in [-0.2, 0) is 11.8 Å². The van der Waals surface area contributed by atoms with Crippen molar-refractivity contribution in [3.05, 3.63) is 46.3 Å². The second-order valence-electron chi connectivity index (χ2n) is 9.70. The van der Waals surface area contributed by atoms with Crippen molar-refractivity contribution >= 4 is 49.6 Å². The summed E-state index contributed by atoms with van der Waals surface area (Å²) in [7, 11) is 1.89. The Kier molecular flexibility index (Phi) is 5.68. The summed E-state index contributed by atoms with van der Waals surface area (Å²) in [6, 6.07) is 5.88. The lowest BCUT2D eigenvalue weighted by molar-refractivity contribution is 0.0288. The lowest BCUT2D eigenvalue weighted by Gasteiger charge is -2.24. The summed E-state index contributed by atoms with van der Waals surface area (Å²) in [5, 5.41) is 11.0. The predicted molar refractivity (Wildman–Crippen MR) is 138 cm³/mol. The minimum atomic E-state index is -0.544. The van der Waals surface area contributed by atoms with E-state index in [9.17, 15) is 4.79 Å². The number of carbonyl (C=O) groups excluding carboxylic acids is 1. The molecule has 10 heteroatoms. The van der Waals surface area contributed by atoms with Gasteiger partial charge in [0.1, 0.15) is 17.1 Å². The molecule has 9 nitrogen and oxygen atoms in total. The van der Waals surface area contributed by atoms with Crippen LogP contribution in [0.2, 0.25) is 0 Å². The van der Waals surface area contributed by atoms with Crippen LogP contribution in [0.3, 0.4) is 0 Å². The fraction of sp³-hybridized carbons (Fsp3) is 0.360. The number of rotatable bonds is 1. The zero-order chi connectivity index (χ0) is 24.9. The van der Waals surface area contributed by atoms with Crippen molar-refractivity contribution in [1.29, 1.82) is 0 Å². The molecule has 5 rings (SSSR count). The lowest BCUT2D eigenvalue weighted by Crippen LogP contribution is -2.35. The minimum absolute atomic E-state index is 0.0384. The summed E-state index contributed by atoms with van der Waals surface area (Å²) in [6.45, 7) is 6.67. The summed E-state index contributed by atoms with van der Waals surface area (Å²) in [5.74, 6) is 6.75. The highest BCUT2D eigenvalue weighted by Gasteiger charge is 2.33. The number of hydrogen-bond donors (Lipinski definition) is 1. The molecule has 0 aliphatic carbocycles. The molecule has 1 aromatic carbocycles. The standard InChI is InChI=1S/C25H26BrN7O2/c1-25(2,3)35-24(34)32-10-9-17(14-32)33-22-18(26)12-28-23(27)21(22)19(30-33)8-6-15-5-7-16-13-31(4)29-20(16)11-15/h5,7,11-13,17H,9-10,14H2,1-4H3,(H2,27,28)/t17-/m0/s1. The number of amides is 1. The summed E-state index contributed by atoms with van der Waals surface area (Å²) < 4.78 is 10.0. The van der Waals surface area contributed by atoms with Gasteiger partial charge < -0.3 is 15.4 Å². The Morgan fingerprint density at radius 3 is 2.83 bits per heavy atom. The van der Waals surface area contributed by atoms with Crippen LogP contribution in [0.15, 0.2) is 35.1 Å². The van der Waals surface area contributed by atoms with E-state index in [0.29, 0.717) is 30.0 Å². The van der Waals surface area contributed by atoms with Crippen molar-refractivity contribution in [1.82, 2.24) is 29.4 Å². The van der Waals surface area contributed by atoms with E-state index in [1.165, 1.54) is 0 Å². The van der Waals surface area contributed by atoms with Crippen LogP contribution in [0.5, 0.6) is 0 Å². The highest BCUT2D eigenvalue weighted by Crippen LogP contribution is 2.34. The van der Waals surface area contributed by atoms with E-state index in [4.69, 9.17) is 15.6 Å². The molecule has 4 heterocycles. The van der Waals surface area contributed by atoms with Gasteiger partial charge in [0, 0.05) is 43.5 Å². The van der Waals surface area contributed by atoms with Gasteiger partial charge in [-0.1, -0.05) is 5.92 Å². The van der Waals surface area contributed by atoms with Crippen LogP contribution in [0.4, 0.5) is 10.6 Å². The van der Waals surface area contributed by atoms with Crippen LogP contribution in [-0.4, -0.2) is 54.2 Å². The smallest absolute Gasteiger partial charge is 0.410 e. The van der Waals surface area contributed by atoms with E-state index in [1.54, 1.807) is 15.8 Å². The van der Waals surface area contributed by atoms with Crippen LogP contribution < -0.4 is 5.73 Å². The molecule has 1 amide bonds. The van der Waals surface area contributed by atoms with Crippen LogP contribution >= 0.6 is 15.9 Å². The number of nitrogens with zero attached hydrogens (tertiary/aromatic N) is 6. The van der Waals surface area contributed by atoms with Gasteiger partial charge in [-0.2, -0.15) is 10.2 Å². The fourth-order valence-electron chi connectivity index (χ4n) is 4.29. The second kappa shape index (κ2) is 8.57. The first-order valence-electron chi connectivity index (χ1n) is 11.3. The summed E-state index contributed by atoms with van der Waals surface area (Å²) in [6.07, 6.45) is 4.06. The number of fused-ring (bicyclic) bond motifs is 2. The van der Waals surface area contributed by atoms with Crippen molar-refractivity contribution in [2.45, 2.75) is 38.8 Å². The molecular weight excluding hydrogens is 510 g/mol. The number of likely N-dealkylation sites (tertiary alicyclic amines) is 1. The van der Waals surface area contributed by atoms with Crippen molar-refractivity contribution in [3.8, 4) is 11.8 Å². The van der Waals surface area contributed by atoms with Crippen molar-refractivity contribution < 1.29 is 9.53 Å². The van der Waals surface area contributed by atoms with Gasteiger partial charge in [0.05, 0.1) is 26.9 Å². The number of nitrogens with two attached hydrogens (primary N) is 1. The Bertz CT molecular complexity index is 1520. The molecule has 180 valence electrons. The van der Waals surface area contributed by atoms with E-state index in [0.717, 1.165) is 32.9 Å². The normalized spacial score (nSPS) is 16.0. The Hall–Kier alpha value is -3.58. The monoisotopic (exact) mass is 535 g/mol. The first-order chi connectivity index (χ1) is 16.6. The molecule has 0 bridgehead atoms. The predicted octanol–water partition coefficient (Wildman–Crippen LogP) is 4.24. The molecule has 1 atom stereocenters. The Morgan fingerprint density at radius 2 is 2.06 bits per heavy atom. The topological polar surface area (TPSA) is 104 Å². The summed E-state index contributed by atoms with van der Waals surface area (Å²) in [5.41, 5.74) is 8.81. The number of nitrogen functional groups attached to an aromatic ring is 1. The maximum absolute atomic E-state index is 12.6. The summed E-state index contributed by atoms with van der Waals surface area (Å²) in [4.78, 5) is 18.6.